The van der Waals surface area contributed by atoms with E-state index < -0.39 is 24.0 Å². The second kappa shape index (κ2) is 5.08. The van der Waals surface area contributed by atoms with Gasteiger partial charge in [0.25, 0.3) is 11.5 Å². The second-order valence-electron chi connectivity index (χ2n) is 3.46. The van der Waals surface area contributed by atoms with Gasteiger partial charge in [-0.3, -0.25) is 14.4 Å². The first-order valence-corrected chi connectivity index (χ1v) is 5.03. The molecule has 0 radical (unpaired) electrons. The van der Waals surface area contributed by atoms with Crippen LogP contribution in [0, 0.1) is 0 Å². The van der Waals surface area contributed by atoms with E-state index in [4.69, 9.17) is 5.11 Å². The van der Waals surface area contributed by atoms with Crippen LogP contribution in [0.2, 0.25) is 0 Å². The molecule has 0 aliphatic rings. The number of nitrogens with one attached hydrogen (secondary N) is 2. The molecule has 0 fully saturated rings. The average Bonchev–Trinajstić information content (AvgIpc) is 2.80. The Kier molecular flexibility index (Phi) is 3.32. The van der Waals surface area contributed by atoms with Crippen molar-refractivity contribution in [2.24, 2.45) is 0 Å². The number of carboxylic acids is 1. The zero-order valence-electron chi connectivity index (χ0n) is 9.40. The fourth-order valence-electron chi connectivity index (χ4n) is 1.21. The number of H-pyrrole nitrogens is 1. The Morgan fingerprint density at radius 3 is 2.84 bits per heavy atom. The van der Waals surface area contributed by atoms with Crippen LogP contribution in [-0.2, 0) is 11.3 Å². The summed E-state index contributed by atoms with van der Waals surface area (Å²) in [6.45, 7) is -0.392. The molecule has 0 bridgehead atoms. The first kappa shape index (κ1) is 12.4. The Balaban J connectivity index is 2.07. The van der Waals surface area contributed by atoms with Crippen LogP contribution >= 0.6 is 0 Å². The average molecular weight is 264 g/mol. The molecule has 0 aliphatic heterocycles. The molecule has 2 rings (SSSR count). The van der Waals surface area contributed by atoms with Gasteiger partial charge in [-0.15, -0.1) is 5.10 Å². The molecule has 0 saturated heterocycles. The van der Waals surface area contributed by atoms with Gasteiger partial charge in [-0.1, -0.05) is 5.21 Å². The summed E-state index contributed by atoms with van der Waals surface area (Å²) in [5.74, 6) is -1.58. The number of nitrogens with zero attached hydrogens (tertiary/aromatic N) is 4. The third-order valence-electron chi connectivity index (χ3n) is 1.99. The molecular formula is C9H8N6O4. The van der Waals surface area contributed by atoms with Crippen LogP contribution in [0.15, 0.2) is 23.1 Å². The molecule has 3 N–H and O–H groups in total. The maximum atomic E-state index is 11.7. The lowest BCUT2D eigenvalue weighted by Crippen LogP contribution is -2.16. The summed E-state index contributed by atoms with van der Waals surface area (Å²) >= 11 is 0. The molecule has 10 heteroatoms. The molecule has 1 amide bonds. The van der Waals surface area contributed by atoms with Gasteiger partial charge in [-0.05, 0) is 6.07 Å². The maximum absolute atomic E-state index is 11.7. The number of aromatic nitrogens is 5. The summed E-state index contributed by atoms with van der Waals surface area (Å²) < 4.78 is 1.01. The molecule has 2 aromatic rings. The first-order chi connectivity index (χ1) is 9.04. The van der Waals surface area contributed by atoms with Crippen LogP contribution in [0.1, 0.15) is 10.5 Å². The molecule has 0 atom stereocenters. The van der Waals surface area contributed by atoms with Gasteiger partial charge in [0.15, 0.2) is 11.5 Å². The van der Waals surface area contributed by atoms with Gasteiger partial charge in [-0.25, -0.2) is 9.78 Å². The van der Waals surface area contributed by atoms with Crippen molar-refractivity contribution in [2.45, 2.75) is 6.54 Å². The molecule has 0 aliphatic carbocycles. The van der Waals surface area contributed by atoms with E-state index in [9.17, 15) is 14.4 Å². The van der Waals surface area contributed by atoms with Crippen molar-refractivity contribution in [1.82, 2.24) is 25.2 Å². The minimum absolute atomic E-state index is 0.0609. The lowest BCUT2D eigenvalue weighted by Gasteiger charge is -1.99. The molecule has 0 aromatic carbocycles. The number of aromatic amines is 1. The highest BCUT2D eigenvalue weighted by Crippen LogP contribution is 2.01. The predicted octanol–water partition coefficient (Wildman–Crippen LogP) is -1.30. The van der Waals surface area contributed by atoms with Crippen molar-refractivity contribution >= 4 is 17.7 Å². The van der Waals surface area contributed by atoms with Gasteiger partial charge in [0.05, 0.1) is 6.20 Å². The molecule has 10 nitrogen and oxygen atoms in total. The van der Waals surface area contributed by atoms with Gasteiger partial charge < -0.3 is 10.4 Å². The molecular weight excluding hydrogens is 256 g/mol. The van der Waals surface area contributed by atoms with E-state index in [-0.39, 0.29) is 11.5 Å². The minimum atomic E-state index is -1.10. The van der Waals surface area contributed by atoms with E-state index in [2.05, 4.69) is 25.8 Å². The molecule has 2 aromatic heterocycles. The van der Waals surface area contributed by atoms with E-state index in [1.807, 2.05) is 0 Å². The minimum Gasteiger partial charge on any atom is -0.480 e. The Bertz CT molecular complexity index is 655. The smallest absolute Gasteiger partial charge is 0.325 e. The Morgan fingerprint density at radius 1 is 1.42 bits per heavy atom. The quantitative estimate of drug-likeness (QED) is 0.622. The summed E-state index contributed by atoms with van der Waals surface area (Å²) in [6, 6.07) is 2.52. The molecule has 98 valence electrons. The predicted molar refractivity (Wildman–Crippen MR) is 60.5 cm³/mol. The Labute approximate surface area is 105 Å². The number of aliphatic carboxylic acids is 1. The van der Waals surface area contributed by atoms with Crippen LogP contribution in [0.25, 0.3) is 0 Å². The summed E-state index contributed by atoms with van der Waals surface area (Å²) in [6.07, 6.45) is 1.19. The van der Waals surface area contributed by atoms with Crippen molar-refractivity contribution < 1.29 is 14.7 Å². The van der Waals surface area contributed by atoms with E-state index >= 15 is 0 Å². The third kappa shape index (κ3) is 3.21. The second-order valence-corrected chi connectivity index (χ2v) is 3.46. The number of carboxylic acid groups (broad SMARTS) is 1. The van der Waals surface area contributed by atoms with Gasteiger partial charge in [0, 0.05) is 6.07 Å². The standard InChI is InChI=1S/C9H8N6O4/c16-7-2-1-6(12-13-7)10-9(19)5-3-15(14-11-5)4-8(17)18/h1-3H,4H2,(H,13,16)(H,17,18)(H,10,12,19). The fraction of sp³-hybridized carbons (Fsp3) is 0.111. The number of hydrogen-bond acceptors (Lipinski definition) is 6. The molecule has 0 saturated carbocycles. The number of rotatable bonds is 4. The summed E-state index contributed by atoms with van der Waals surface area (Å²) in [5, 5.41) is 23.6. The topological polar surface area (TPSA) is 143 Å². The van der Waals surface area contributed by atoms with E-state index in [0.29, 0.717) is 0 Å². The third-order valence-corrected chi connectivity index (χ3v) is 1.99. The van der Waals surface area contributed by atoms with Gasteiger partial charge in [0.2, 0.25) is 0 Å². The number of hydrogen-bond donors (Lipinski definition) is 3. The SMILES string of the molecule is O=C(O)Cn1cc(C(=O)Nc2ccc(=O)[nH]n2)nn1. The van der Waals surface area contributed by atoms with Crippen molar-refractivity contribution in [3.63, 3.8) is 0 Å². The van der Waals surface area contributed by atoms with Crippen LogP contribution in [0.3, 0.4) is 0 Å². The lowest BCUT2D eigenvalue weighted by molar-refractivity contribution is -0.137. The molecule has 19 heavy (non-hydrogen) atoms. The maximum Gasteiger partial charge on any atom is 0.325 e. The van der Waals surface area contributed by atoms with Crippen molar-refractivity contribution in [3.05, 3.63) is 34.4 Å². The summed E-state index contributed by atoms with van der Waals surface area (Å²) in [7, 11) is 0. The van der Waals surface area contributed by atoms with Crippen LogP contribution in [0.5, 0.6) is 0 Å². The molecule has 2 heterocycles. The van der Waals surface area contributed by atoms with Crippen LogP contribution in [0.4, 0.5) is 5.82 Å². The van der Waals surface area contributed by atoms with Gasteiger partial charge in [-0.2, -0.15) is 5.10 Å². The number of anilines is 1. The number of carbonyl (C=O) groups excluding carboxylic acids is 1. The summed E-state index contributed by atoms with van der Waals surface area (Å²) in [4.78, 5) is 32.9. The number of amides is 1. The highest BCUT2D eigenvalue weighted by molar-refractivity contribution is 6.01. The van der Waals surface area contributed by atoms with Crippen LogP contribution < -0.4 is 10.9 Å². The van der Waals surface area contributed by atoms with E-state index in [1.165, 1.54) is 18.3 Å². The van der Waals surface area contributed by atoms with Crippen molar-refractivity contribution in [3.8, 4) is 0 Å². The first-order valence-electron chi connectivity index (χ1n) is 5.03. The molecule has 0 unspecified atom stereocenters. The lowest BCUT2D eigenvalue weighted by atomic mass is 10.4. The van der Waals surface area contributed by atoms with Gasteiger partial charge in [0.1, 0.15) is 6.54 Å². The monoisotopic (exact) mass is 264 g/mol. The van der Waals surface area contributed by atoms with Gasteiger partial charge >= 0.3 is 5.97 Å². The Morgan fingerprint density at radius 2 is 2.21 bits per heavy atom. The highest BCUT2D eigenvalue weighted by Gasteiger charge is 2.12. The van der Waals surface area contributed by atoms with E-state index in [0.717, 1.165) is 4.68 Å². The highest BCUT2D eigenvalue weighted by atomic mass is 16.4. The Hall–Kier alpha value is -3.04. The zero-order valence-corrected chi connectivity index (χ0v) is 9.40. The molecule has 0 spiro atoms. The van der Waals surface area contributed by atoms with E-state index in [1.54, 1.807) is 0 Å². The number of carbonyl (C=O) groups is 2. The van der Waals surface area contributed by atoms with Crippen molar-refractivity contribution in [1.29, 1.82) is 0 Å². The normalized spacial score (nSPS) is 10.1. The largest absolute Gasteiger partial charge is 0.480 e. The fourth-order valence-corrected chi connectivity index (χ4v) is 1.21. The summed E-state index contributed by atoms with van der Waals surface area (Å²) in [5.41, 5.74) is -0.459. The zero-order chi connectivity index (χ0) is 13.8. The van der Waals surface area contributed by atoms with Crippen LogP contribution in [-0.4, -0.2) is 42.2 Å². The van der Waals surface area contributed by atoms with Crippen molar-refractivity contribution in [2.75, 3.05) is 5.32 Å².